The number of carbonyl (C=O) groups excluding carboxylic acids is 2. The van der Waals surface area contributed by atoms with E-state index < -0.39 is 46.5 Å². The molecule has 4 N–H and O–H groups in total. The third-order valence-corrected chi connectivity index (χ3v) is 8.18. The lowest BCUT2D eigenvalue weighted by Gasteiger charge is -2.13. The van der Waals surface area contributed by atoms with Gasteiger partial charge in [0, 0.05) is 26.5 Å². The first-order valence-corrected chi connectivity index (χ1v) is 15.8. The Morgan fingerprint density at radius 2 is 1.04 bits per heavy atom. The molecule has 0 atom stereocenters. The Bertz CT molecular complexity index is 2210. The Kier molecular flexibility index (Phi) is 10.0. The van der Waals surface area contributed by atoms with Crippen LogP contribution in [0.1, 0.15) is 59.2 Å². The van der Waals surface area contributed by atoms with E-state index in [0.29, 0.717) is 22.8 Å². The molecule has 18 heteroatoms. The van der Waals surface area contributed by atoms with Gasteiger partial charge in [0.1, 0.15) is 23.0 Å². The summed E-state index contributed by atoms with van der Waals surface area (Å²) in [5.74, 6) is -6.31. The normalized spacial score (nSPS) is 10.9. The molecule has 268 valence electrons. The molecule has 6 aromatic rings. The number of carboxylic acids is 2. The van der Waals surface area contributed by atoms with Crippen LogP contribution in [0.25, 0.3) is 22.8 Å². The van der Waals surface area contributed by atoms with Crippen molar-refractivity contribution < 1.29 is 38.2 Å². The molecule has 6 rings (SSSR count). The van der Waals surface area contributed by atoms with E-state index in [4.69, 9.17) is 0 Å². The van der Waals surface area contributed by atoms with Crippen LogP contribution >= 0.6 is 0 Å². The monoisotopic (exact) mass is 722 g/mol. The van der Waals surface area contributed by atoms with Gasteiger partial charge in [-0.1, -0.05) is 0 Å². The molecule has 4 aromatic heterocycles. The zero-order valence-electron chi connectivity index (χ0n) is 27.9. The second-order valence-corrected chi connectivity index (χ2v) is 11.6. The van der Waals surface area contributed by atoms with Crippen molar-refractivity contribution >= 4 is 35.1 Å². The Labute approximate surface area is 298 Å². The van der Waals surface area contributed by atoms with Crippen LogP contribution in [0, 0.1) is 11.6 Å². The molecular formula is C35H28F2N10O6. The molecule has 0 bridgehead atoms. The fourth-order valence-electron chi connectivity index (χ4n) is 5.45. The highest BCUT2D eigenvalue weighted by molar-refractivity contribution is 6.07. The van der Waals surface area contributed by atoms with Crippen LogP contribution < -0.4 is 10.6 Å². The average molecular weight is 723 g/mol. The lowest BCUT2D eigenvalue weighted by atomic mass is 9.99. The quantitative estimate of drug-likeness (QED) is 0.138. The number of aromatic carboxylic acids is 2. The van der Waals surface area contributed by atoms with Gasteiger partial charge in [0.05, 0.1) is 33.9 Å². The zero-order chi connectivity index (χ0) is 37.8. The number of nitrogens with one attached hydrogen (secondary N) is 2. The van der Waals surface area contributed by atoms with Crippen molar-refractivity contribution in [3.05, 3.63) is 118 Å². The molecule has 0 radical (unpaired) electrons. The first-order chi connectivity index (χ1) is 25.4. The number of carbonyl (C=O) groups is 4. The van der Waals surface area contributed by atoms with Crippen LogP contribution in [-0.2, 0) is 26.9 Å². The number of hydrogen-bond donors (Lipinski definition) is 4. The summed E-state index contributed by atoms with van der Waals surface area (Å²) >= 11 is 0. The van der Waals surface area contributed by atoms with Gasteiger partial charge in [0.15, 0.2) is 11.4 Å². The van der Waals surface area contributed by atoms with Crippen LogP contribution in [0.5, 0.6) is 0 Å². The van der Waals surface area contributed by atoms with E-state index >= 15 is 8.78 Å². The Hall–Kier alpha value is -7.24. The minimum Gasteiger partial charge on any atom is -0.478 e. The summed E-state index contributed by atoms with van der Waals surface area (Å²) in [5.41, 5.74) is 0.560. The van der Waals surface area contributed by atoms with E-state index in [-0.39, 0.29) is 53.2 Å². The number of benzene rings is 2. The van der Waals surface area contributed by atoms with Gasteiger partial charge in [0.2, 0.25) is 0 Å². The molecule has 0 aliphatic heterocycles. The van der Waals surface area contributed by atoms with Crippen molar-refractivity contribution in [2.24, 2.45) is 14.1 Å². The third kappa shape index (κ3) is 7.75. The van der Waals surface area contributed by atoms with Crippen LogP contribution in [0.4, 0.5) is 20.2 Å². The minimum atomic E-state index is -1.49. The number of aromatic nitrogens is 8. The average Bonchev–Trinajstić information content (AvgIpc) is 3.77. The fourth-order valence-corrected chi connectivity index (χ4v) is 5.45. The fraction of sp³-hybridized carbons (Fsp3) is 0.143. The van der Waals surface area contributed by atoms with Crippen molar-refractivity contribution in [1.29, 1.82) is 0 Å². The highest BCUT2D eigenvalue weighted by atomic mass is 19.1. The summed E-state index contributed by atoms with van der Waals surface area (Å²) in [5, 5.41) is 48.3. The maximum Gasteiger partial charge on any atom is 0.337 e. The van der Waals surface area contributed by atoms with Crippen molar-refractivity contribution in [2.45, 2.75) is 19.3 Å². The summed E-state index contributed by atoms with van der Waals surface area (Å²) in [6.45, 7) is 0. The molecule has 2 aromatic carbocycles. The molecule has 53 heavy (non-hydrogen) atoms. The van der Waals surface area contributed by atoms with Gasteiger partial charge in [0.25, 0.3) is 11.8 Å². The Balaban J connectivity index is 1.16. The van der Waals surface area contributed by atoms with Crippen molar-refractivity contribution in [3.63, 3.8) is 0 Å². The number of halogens is 2. The summed E-state index contributed by atoms with van der Waals surface area (Å²) < 4.78 is 33.3. The zero-order valence-corrected chi connectivity index (χ0v) is 27.9. The molecule has 0 unspecified atom stereocenters. The van der Waals surface area contributed by atoms with Gasteiger partial charge < -0.3 is 20.8 Å². The lowest BCUT2D eigenvalue weighted by molar-refractivity contribution is 0.0686. The van der Waals surface area contributed by atoms with Gasteiger partial charge in [-0.3, -0.25) is 19.0 Å². The van der Waals surface area contributed by atoms with E-state index in [1.54, 1.807) is 60.1 Å². The lowest BCUT2D eigenvalue weighted by Crippen LogP contribution is -2.18. The smallest absolute Gasteiger partial charge is 0.337 e. The van der Waals surface area contributed by atoms with Crippen LogP contribution in [-0.4, -0.2) is 73.9 Å². The van der Waals surface area contributed by atoms with E-state index in [1.807, 2.05) is 0 Å². The number of hydrogen-bond acceptors (Lipinski definition) is 10. The van der Waals surface area contributed by atoms with Crippen molar-refractivity contribution in [1.82, 2.24) is 40.0 Å². The number of anilines is 2. The molecule has 4 heterocycles. The maximum atomic E-state index is 15.1. The van der Waals surface area contributed by atoms with E-state index in [0.717, 1.165) is 12.1 Å². The summed E-state index contributed by atoms with van der Waals surface area (Å²) in [6.07, 6.45) is 3.18. The molecule has 0 aliphatic rings. The number of rotatable bonds is 12. The second kappa shape index (κ2) is 14.9. The van der Waals surface area contributed by atoms with Crippen molar-refractivity contribution in [3.8, 4) is 22.8 Å². The predicted octanol–water partition coefficient (Wildman–Crippen LogP) is 4.42. The first kappa shape index (κ1) is 35.6. The summed E-state index contributed by atoms with van der Waals surface area (Å²) in [7, 11) is 3.42. The van der Waals surface area contributed by atoms with E-state index in [1.165, 1.54) is 24.3 Å². The van der Waals surface area contributed by atoms with E-state index in [9.17, 15) is 29.4 Å². The Morgan fingerprint density at radius 1 is 0.623 bits per heavy atom. The molecule has 0 spiro atoms. The van der Waals surface area contributed by atoms with Crippen LogP contribution in [0.15, 0.2) is 73.1 Å². The molecule has 2 amide bonds. The summed E-state index contributed by atoms with van der Waals surface area (Å²) in [6, 6.07) is 13.2. The van der Waals surface area contributed by atoms with Gasteiger partial charge >= 0.3 is 11.9 Å². The molecule has 0 saturated carbocycles. The predicted molar refractivity (Wildman–Crippen MR) is 183 cm³/mol. The molecule has 16 nitrogen and oxygen atoms in total. The third-order valence-electron chi connectivity index (χ3n) is 8.18. The SMILES string of the molecule is Cn1nccc1-c1ccc(C(=O)Nc2cc(CCCc3cc(NC(=O)c4ccc(-c5ccnn5C)nn4)c(C(=O)O)cc3F)c(F)cc2C(=O)O)nn1. The standard InChI is InChI=1S/C35H28F2N10O6/c1-46-30(10-12-38-46)24-6-8-26(44-42-24)32(48)40-28-14-18(22(36)16-20(28)34(50)51)4-3-5-19-15-29(21(35(52)53)17-23(19)37)41-33(49)27-9-7-25(43-45-27)31-11-13-39-47(31)2/h6-17H,3-5H2,1-2H3,(H,40,48)(H,41,49)(H,50,51)(H,52,53). The first-order valence-electron chi connectivity index (χ1n) is 15.8. The van der Waals surface area contributed by atoms with Gasteiger partial charge in [-0.15, -0.1) is 20.4 Å². The van der Waals surface area contributed by atoms with E-state index in [2.05, 4.69) is 41.2 Å². The van der Waals surface area contributed by atoms with Crippen LogP contribution in [0.3, 0.4) is 0 Å². The topological polar surface area (TPSA) is 220 Å². The highest BCUT2D eigenvalue weighted by Gasteiger charge is 2.21. The second-order valence-electron chi connectivity index (χ2n) is 11.6. The minimum absolute atomic E-state index is 0.0205. The summed E-state index contributed by atoms with van der Waals surface area (Å²) in [4.78, 5) is 49.8. The largest absolute Gasteiger partial charge is 0.478 e. The van der Waals surface area contributed by atoms with Gasteiger partial charge in [-0.25, -0.2) is 18.4 Å². The Morgan fingerprint density at radius 3 is 1.36 bits per heavy atom. The maximum absolute atomic E-state index is 15.1. The molecular weight excluding hydrogens is 694 g/mol. The number of amides is 2. The molecule has 0 saturated heterocycles. The highest BCUT2D eigenvalue weighted by Crippen LogP contribution is 2.27. The van der Waals surface area contributed by atoms with Gasteiger partial charge in [-0.05, 0) is 91.1 Å². The van der Waals surface area contributed by atoms with Gasteiger partial charge in [-0.2, -0.15) is 10.2 Å². The number of aryl methyl sites for hydroxylation is 4. The number of nitrogens with zero attached hydrogens (tertiary/aromatic N) is 8. The van der Waals surface area contributed by atoms with Crippen molar-refractivity contribution in [2.75, 3.05) is 10.6 Å². The molecule has 0 fully saturated rings. The van der Waals surface area contributed by atoms with Crippen LogP contribution in [0.2, 0.25) is 0 Å². The molecule has 0 aliphatic carbocycles. The number of carboxylic acid groups (broad SMARTS) is 2.